The third kappa shape index (κ3) is 4.36. The van der Waals surface area contributed by atoms with Crippen LogP contribution in [0.3, 0.4) is 0 Å². The lowest BCUT2D eigenvalue weighted by Gasteiger charge is -2.13. The Labute approximate surface area is 112 Å². The molecule has 4 N–H and O–H groups in total. The number of nitrogen functional groups attached to an aromatic ring is 1. The van der Waals surface area contributed by atoms with Crippen LogP contribution in [0, 0.1) is 6.92 Å². The van der Waals surface area contributed by atoms with Gasteiger partial charge in [-0.2, -0.15) is 0 Å². The van der Waals surface area contributed by atoms with Crippen molar-refractivity contribution in [3.05, 3.63) is 11.4 Å². The second kappa shape index (κ2) is 7.52. The van der Waals surface area contributed by atoms with Crippen LogP contribution >= 0.6 is 0 Å². The van der Waals surface area contributed by atoms with Crippen molar-refractivity contribution in [2.45, 2.75) is 33.1 Å². The molecule has 1 aromatic heterocycles. The SMILES string of the molecule is CCCc1nc(NN)c(C)c(NCCC(=O)OC)n1. The number of rotatable bonds is 7. The summed E-state index contributed by atoms with van der Waals surface area (Å²) in [4.78, 5) is 19.8. The van der Waals surface area contributed by atoms with Crippen LogP contribution in [0.1, 0.15) is 31.2 Å². The van der Waals surface area contributed by atoms with Crippen LogP contribution in [0.25, 0.3) is 0 Å². The number of aryl methyl sites for hydroxylation is 1. The number of nitrogens with zero attached hydrogens (tertiary/aromatic N) is 2. The van der Waals surface area contributed by atoms with Crippen LogP contribution in [-0.4, -0.2) is 29.6 Å². The minimum atomic E-state index is -0.259. The fourth-order valence-corrected chi connectivity index (χ4v) is 1.60. The van der Waals surface area contributed by atoms with E-state index < -0.39 is 0 Å². The summed E-state index contributed by atoms with van der Waals surface area (Å²) in [6.07, 6.45) is 2.02. The van der Waals surface area contributed by atoms with E-state index in [0.717, 1.165) is 24.2 Å². The number of aromatic nitrogens is 2. The Balaban J connectivity index is 2.79. The van der Waals surface area contributed by atoms with Gasteiger partial charge in [-0.25, -0.2) is 15.8 Å². The maximum absolute atomic E-state index is 11.1. The summed E-state index contributed by atoms with van der Waals surface area (Å²) in [5.41, 5.74) is 3.39. The smallest absolute Gasteiger partial charge is 0.307 e. The number of nitrogens with one attached hydrogen (secondary N) is 2. The number of carbonyl (C=O) groups is 1. The molecule has 0 bridgehead atoms. The average Bonchev–Trinajstić information content (AvgIpc) is 2.41. The van der Waals surface area contributed by atoms with E-state index in [1.54, 1.807) is 0 Å². The van der Waals surface area contributed by atoms with Crippen LogP contribution in [0.2, 0.25) is 0 Å². The number of methoxy groups -OCH3 is 1. The quantitative estimate of drug-likeness (QED) is 0.385. The number of nitrogens with two attached hydrogens (primary N) is 1. The van der Waals surface area contributed by atoms with Gasteiger partial charge in [0.05, 0.1) is 13.5 Å². The molecule has 0 atom stereocenters. The van der Waals surface area contributed by atoms with Gasteiger partial charge in [-0.3, -0.25) is 4.79 Å². The summed E-state index contributed by atoms with van der Waals surface area (Å²) in [6.45, 7) is 4.38. The molecule has 0 unspecified atom stereocenters. The predicted molar refractivity (Wildman–Crippen MR) is 73.7 cm³/mol. The Kier molecular flexibility index (Phi) is 6.01. The van der Waals surface area contributed by atoms with E-state index in [9.17, 15) is 4.79 Å². The lowest BCUT2D eigenvalue weighted by atomic mass is 10.2. The fraction of sp³-hybridized carbons (Fsp3) is 0.583. The second-order valence-corrected chi connectivity index (χ2v) is 4.11. The molecule has 0 saturated heterocycles. The number of esters is 1. The predicted octanol–water partition coefficient (Wildman–Crippen LogP) is 0.998. The van der Waals surface area contributed by atoms with Crippen LogP contribution < -0.4 is 16.6 Å². The number of carbonyl (C=O) groups excluding carboxylic acids is 1. The van der Waals surface area contributed by atoms with Crippen molar-refractivity contribution >= 4 is 17.6 Å². The molecule has 0 saturated carbocycles. The van der Waals surface area contributed by atoms with Crippen molar-refractivity contribution in [2.75, 3.05) is 24.4 Å². The van der Waals surface area contributed by atoms with Crippen LogP contribution in [-0.2, 0) is 16.0 Å². The highest BCUT2D eigenvalue weighted by Gasteiger charge is 2.10. The molecular weight excluding hydrogens is 246 g/mol. The lowest BCUT2D eigenvalue weighted by molar-refractivity contribution is -0.140. The van der Waals surface area contributed by atoms with Gasteiger partial charge in [-0.15, -0.1) is 0 Å². The summed E-state index contributed by atoms with van der Waals surface area (Å²) in [5.74, 6) is 7.19. The minimum absolute atomic E-state index is 0.259. The zero-order valence-electron chi connectivity index (χ0n) is 11.6. The summed E-state index contributed by atoms with van der Waals surface area (Å²) in [6, 6.07) is 0. The van der Waals surface area contributed by atoms with Crippen molar-refractivity contribution < 1.29 is 9.53 Å². The number of hydrogen-bond donors (Lipinski definition) is 3. The number of anilines is 2. The van der Waals surface area contributed by atoms with Crippen molar-refractivity contribution in [3.8, 4) is 0 Å². The first-order valence-electron chi connectivity index (χ1n) is 6.27. The molecule has 0 aliphatic heterocycles. The first-order chi connectivity index (χ1) is 9.12. The van der Waals surface area contributed by atoms with Crippen molar-refractivity contribution in [3.63, 3.8) is 0 Å². The van der Waals surface area contributed by atoms with Gasteiger partial charge >= 0.3 is 5.97 Å². The number of hydrogen-bond acceptors (Lipinski definition) is 7. The maximum atomic E-state index is 11.1. The molecule has 0 aliphatic rings. The van der Waals surface area contributed by atoms with Gasteiger partial charge in [0.25, 0.3) is 0 Å². The summed E-state index contributed by atoms with van der Waals surface area (Å²) in [5, 5.41) is 3.10. The topological polar surface area (TPSA) is 102 Å². The largest absolute Gasteiger partial charge is 0.469 e. The molecule has 1 heterocycles. The van der Waals surface area contributed by atoms with Crippen LogP contribution in [0.5, 0.6) is 0 Å². The molecule has 7 heteroatoms. The second-order valence-electron chi connectivity index (χ2n) is 4.11. The van der Waals surface area contributed by atoms with Gasteiger partial charge in [-0.05, 0) is 13.3 Å². The zero-order chi connectivity index (χ0) is 14.3. The molecule has 0 aromatic carbocycles. The highest BCUT2D eigenvalue weighted by atomic mass is 16.5. The van der Waals surface area contributed by atoms with Crippen LogP contribution in [0.4, 0.5) is 11.6 Å². The van der Waals surface area contributed by atoms with Crippen molar-refractivity contribution in [2.24, 2.45) is 5.84 Å². The van der Waals surface area contributed by atoms with E-state index in [4.69, 9.17) is 5.84 Å². The normalized spacial score (nSPS) is 10.1. The third-order valence-electron chi connectivity index (χ3n) is 2.65. The van der Waals surface area contributed by atoms with Gasteiger partial charge in [0.2, 0.25) is 0 Å². The van der Waals surface area contributed by atoms with Crippen molar-refractivity contribution in [1.82, 2.24) is 9.97 Å². The van der Waals surface area contributed by atoms with E-state index in [2.05, 4.69) is 32.4 Å². The van der Waals surface area contributed by atoms with Gasteiger partial charge in [0.15, 0.2) is 0 Å². The molecule has 106 valence electrons. The molecule has 7 nitrogen and oxygen atoms in total. The molecule has 0 aliphatic carbocycles. The average molecular weight is 267 g/mol. The molecule has 0 spiro atoms. The zero-order valence-corrected chi connectivity index (χ0v) is 11.6. The lowest BCUT2D eigenvalue weighted by Crippen LogP contribution is -2.16. The summed E-state index contributed by atoms with van der Waals surface area (Å²) >= 11 is 0. The number of ether oxygens (including phenoxy) is 1. The highest BCUT2D eigenvalue weighted by molar-refractivity contribution is 5.70. The minimum Gasteiger partial charge on any atom is -0.469 e. The van der Waals surface area contributed by atoms with E-state index >= 15 is 0 Å². The molecule has 0 fully saturated rings. The van der Waals surface area contributed by atoms with Gasteiger partial charge in [-0.1, -0.05) is 6.92 Å². The monoisotopic (exact) mass is 267 g/mol. The number of hydrazine groups is 1. The first kappa shape index (κ1) is 15.2. The first-order valence-corrected chi connectivity index (χ1v) is 6.27. The van der Waals surface area contributed by atoms with Gasteiger partial charge in [0.1, 0.15) is 17.5 Å². The Hall–Kier alpha value is -1.89. The van der Waals surface area contributed by atoms with Crippen molar-refractivity contribution in [1.29, 1.82) is 0 Å². The highest BCUT2D eigenvalue weighted by Crippen LogP contribution is 2.19. The summed E-state index contributed by atoms with van der Waals surface area (Å²) < 4.78 is 4.58. The van der Waals surface area contributed by atoms with E-state index in [0.29, 0.717) is 18.2 Å². The third-order valence-corrected chi connectivity index (χ3v) is 2.65. The molecule has 0 amide bonds. The Morgan fingerprint density at radius 2 is 2.05 bits per heavy atom. The standard InChI is InChI=1S/C12H21N5O2/c1-4-5-9-15-11(8(2)12(16-9)17-13)14-7-6-10(18)19-3/h4-7,13H2,1-3H3,(H2,14,15,16,17). The van der Waals surface area contributed by atoms with E-state index in [1.807, 2.05) is 6.92 Å². The van der Waals surface area contributed by atoms with E-state index in [-0.39, 0.29) is 12.4 Å². The molecule has 0 radical (unpaired) electrons. The molecule has 1 rings (SSSR count). The Bertz CT molecular complexity index is 436. The van der Waals surface area contributed by atoms with Gasteiger partial charge < -0.3 is 15.5 Å². The Morgan fingerprint density at radius 1 is 1.37 bits per heavy atom. The molecule has 1 aromatic rings. The van der Waals surface area contributed by atoms with Gasteiger partial charge in [0, 0.05) is 18.5 Å². The molecule has 19 heavy (non-hydrogen) atoms. The fourth-order valence-electron chi connectivity index (χ4n) is 1.60. The van der Waals surface area contributed by atoms with E-state index in [1.165, 1.54) is 7.11 Å². The summed E-state index contributed by atoms with van der Waals surface area (Å²) in [7, 11) is 1.37. The maximum Gasteiger partial charge on any atom is 0.307 e. The molecular formula is C12H21N5O2. The van der Waals surface area contributed by atoms with Crippen LogP contribution in [0.15, 0.2) is 0 Å². The Morgan fingerprint density at radius 3 is 2.63 bits per heavy atom.